The summed E-state index contributed by atoms with van der Waals surface area (Å²) in [5.74, 6) is 0. The summed E-state index contributed by atoms with van der Waals surface area (Å²) in [5, 5.41) is 10.9. The van der Waals surface area contributed by atoms with Crippen LogP contribution in [0.4, 0.5) is 0 Å². The molecule has 2 aromatic rings. The van der Waals surface area contributed by atoms with Crippen LogP contribution in [0.5, 0.6) is 0 Å². The van der Waals surface area contributed by atoms with Gasteiger partial charge in [0.15, 0.2) is 0 Å². The van der Waals surface area contributed by atoms with Gasteiger partial charge in [0.1, 0.15) is 5.41 Å². The molecule has 0 aliphatic carbocycles. The van der Waals surface area contributed by atoms with Crippen LogP contribution in [-0.4, -0.2) is 9.55 Å². The van der Waals surface area contributed by atoms with E-state index >= 15 is 0 Å². The number of nitriles is 1. The summed E-state index contributed by atoms with van der Waals surface area (Å²) in [4.78, 5) is 4.03. The van der Waals surface area contributed by atoms with Crippen molar-refractivity contribution >= 4 is 23.2 Å². The van der Waals surface area contributed by atoms with Crippen molar-refractivity contribution in [2.75, 3.05) is 0 Å². The molecule has 0 saturated heterocycles. The molecule has 1 aromatic heterocycles. The maximum atomic E-state index is 9.85. The van der Waals surface area contributed by atoms with Crippen molar-refractivity contribution in [1.29, 1.82) is 5.26 Å². The highest BCUT2D eigenvalue weighted by Crippen LogP contribution is 2.37. The van der Waals surface area contributed by atoms with Gasteiger partial charge >= 0.3 is 0 Å². The lowest BCUT2D eigenvalue weighted by atomic mass is 9.76. The van der Waals surface area contributed by atoms with Gasteiger partial charge in [-0.3, -0.25) is 0 Å². The van der Waals surface area contributed by atoms with E-state index < -0.39 is 5.41 Å². The Kier molecular flexibility index (Phi) is 4.72. The van der Waals surface area contributed by atoms with Crippen molar-refractivity contribution in [1.82, 2.24) is 9.55 Å². The lowest BCUT2D eigenvalue weighted by Crippen LogP contribution is -2.30. The number of aromatic nitrogens is 2. The second-order valence-corrected chi connectivity index (χ2v) is 6.03. The number of hydrogen-bond acceptors (Lipinski definition) is 2. The Labute approximate surface area is 134 Å². The summed E-state index contributed by atoms with van der Waals surface area (Å²) in [5.41, 5.74) is 0.879. The van der Waals surface area contributed by atoms with E-state index in [0.717, 1.165) is 11.1 Å². The van der Waals surface area contributed by atoms with Gasteiger partial charge < -0.3 is 4.57 Å². The van der Waals surface area contributed by atoms with Gasteiger partial charge in [-0.1, -0.05) is 34.8 Å². The van der Waals surface area contributed by atoms with E-state index in [-0.39, 0.29) is 0 Å². The number of rotatable bonds is 5. The minimum atomic E-state index is -0.797. The Morgan fingerprint density at radius 1 is 1.48 bits per heavy atom. The van der Waals surface area contributed by atoms with E-state index in [1.54, 1.807) is 24.7 Å². The molecule has 0 aliphatic heterocycles. The zero-order valence-electron chi connectivity index (χ0n) is 11.7. The van der Waals surface area contributed by atoms with Crippen LogP contribution in [0.1, 0.15) is 18.9 Å². The quantitative estimate of drug-likeness (QED) is 0.755. The molecule has 3 nitrogen and oxygen atoms in total. The molecule has 0 fully saturated rings. The van der Waals surface area contributed by atoms with Crippen LogP contribution in [-0.2, 0) is 12.0 Å². The molecule has 21 heavy (non-hydrogen) atoms. The van der Waals surface area contributed by atoms with Gasteiger partial charge in [-0.25, -0.2) is 4.98 Å². The molecule has 0 N–H and O–H groups in total. The Balaban J connectivity index is 2.53. The Morgan fingerprint density at radius 2 is 2.24 bits per heavy atom. The van der Waals surface area contributed by atoms with Crippen molar-refractivity contribution in [3.05, 3.63) is 64.7 Å². The van der Waals surface area contributed by atoms with Crippen LogP contribution >= 0.6 is 23.2 Å². The summed E-state index contributed by atoms with van der Waals surface area (Å²) in [6, 6.07) is 7.65. The molecule has 1 atom stereocenters. The highest BCUT2D eigenvalue weighted by Gasteiger charge is 2.35. The monoisotopic (exact) mass is 319 g/mol. The van der Waals surface area contributed by atoms with Gasteiger partial charge in [0.2, 0.25) is 0 Å². The molecule has 1 aromatic carbocycles. The van der Waals surface area contributed by atoms with Gasteiger partial charge in [0.05, 0.1) is 12.4 Å². The van der Waals surface area contributed by atoms with Crippen molar-refractivity contribution < 1.29 is 0 Å². The van der Waals surface area contributed by atoms with Crippen LogP contribution in [0, 0.1) is 11.3 Å². The summed E-state index contributed by atoms with van der Waals surface area (Å²) in [6.07, 6.45) is 5.72. The lowest BCUT2D eigenvalue weighted by Gasteiger charge is -2.29. The third kappa shape index (κ3) is 3.47. The third-order valence-corrected chi connectivity index (χ3v) is 3.82. The van der Waals surface area contributed by atoms with Crippen molar-refractivity contribution in [2.24, 2.45) is 0 Å². The number of nitrogens with zero attached hydrogens (tertiary/aromatic N) is 3. The first kappa shape index (κ1) is 15.6. The first-order valence-corrected chi connectivity index (χ1v) is 7.19. The van der Waals surface area contributed by atoms with Crippen LogP contribution in [0.25, 0.3) is 0 Å². The Hall–Kier alpha value is -1.76. The van der Waals surface area contributed by atoms with E-state index in [0.29, 0.717) is 23.0 Å². The number of benzene rings is 1. The van der Waals surface area contributed by atoms with Crippen LogP contribution < -0.4 is 0 Å². The van der Waals surface area contributed by atoms with Gasteiger partial charge in [-0.2, -0.15) is 5.26 Å². The highest BCUT2D eigenvalue weighted by atomic mass is 35.5. The van der Waals surface area contributed by atoms with E-state index in [4.69, 9.17) is 23.2 Å². The molecule has 0 spiro atoms. The smallest absolute Gasteiger partial charge is 0.105 e. The maximum absolute atomic E-state index is 9.85. The van der Waals surface area contributed by atoms with Gasteiger partial charge in [-0.05, 0) is 31.0 Å². The Morgan fingerprint density at radius 3 is 2.76 bits per heavy atom. The average molecular weight is 320 g/mol. The number of hydrogen-bond donors (Lipinski definition) is 0. The predicted molar refractivity (Wildman–Crippen MR) is 85.4 cm³/mol. The molecule has 108 valence electrons. The fourth-order valence-electron chi connectivity index (χ4n) is 2.46. The van der Waals surface area contributed by atoms with E-state index in [2.05, 4.69) is 17.6 Å². The summed E-state index contributed by atoms with van der Waals surface area (Å²) >= 11 is 12.3. The molecule has 0 aliphatic rings. The van der Waals surface area contributed by atoms with E-state index in [1.807, 2.05) is 23.8 Å². The molecule has 0 saturated carbocycles. The average Bonchev–Trinajstić information content (AvgIpc) is 2.90. The normalized spacial score (nSPS) is 13.4. The molecule has 0 bridgehead atoms. The molecule has 0 amide bonds. The molecule has 1 heterocycles. The topological polar surface area (TPSA) is 41.6 Å². The minimum absolute atomic E-state index is 0.456. The second-order valence-electron chi connectivity index (χ2n) is 5.19. The molecule has 0 radical (unpaired) electrons. The zero-order chi connectivity index (χ0) is 15.5. The summed E-state index contributed by atoms with van der Waals surface area (Å²) in [6.45, 7) is 6.31. The first-order chi connectivity index (χ1) is 9.97. The van der Waals surface area contributed by atoms with Crippen LogP contribution in [0.2, 0.25) is 10.0 Å². The molecule has 1 unspecified atom stereocenters. The lowest BCUT2D eigenvalue weighted by molar-refractivity contribution is 0.452. The standard InChI is InChI=1S/C16H15Cl2N3/c1-12(2)8-16(9-19,10-21-6-5-20-11-21)14-4-3-13(17)7-15(14)18/h3-7,11H,1,8,10H2,2H3. The van der Waals surface area contributed by atoms with Crippen molar-refractivity contribution in [2.45, 2.75) is 25.3 Å². The second kappa shape index (κ2) is 6.34. The fraction of sp³-hybridized carbons (Fsp3) is 0.250. The Bertz CT molecular complexity index is 686. The fourth-order valence-corrected chi connectivity index (χ4v) is 3.05. The molecular weight excluding hydrogens is 305 g/mol. The third-order valence-electron chi connectivity index (χ3n) is 3.28. The van der Waals surface area contributed by atoms with E-state index in [9.17, 15) is 5.26 Å². The molecule has 2 rings (SSSR count). The number of imidazole rings is 1. The van der Waals surface area contributed by atoms with Gasteiger partial charge in [-0.15, -0.1) is 6.58 Å². The highest BCUT2D eigenvalue weighted by molar-refractivity contribution is 6.35. The minimum Gasteiger partial charge on any atom is -0.336 e. The summed E-state index contributed by atoms with van der Waals surface area (Å²) in [7, 11) is 0. The predicted octanol–water partition coefficient (Wildman–Crippen LogP) is 4.62. The van der Waals surface area contributed by atoms with Gasteiger partial charge in [0, 0.05) is 29.0 Å². The van der Waals surface area contributed by atoms with Crippen molar-refractivity contribution in [3.8, 4) is 6.07 Å². The summed E-state index contributed by atoms with van der Waals surface area (Å²) < 4.78 is 1.87. The first-order valence-electron chi connectivity index (χ1n) is 6.44. The molecular formula is C16H15Cl2N3. The van der Waals surface area contributed by atoms with Gasteiger partial charge in [0.25, 0.3) is 0 Å². The SMILES string of the molecule is C=C(C)CC(C#N)(Cn1ccnc1)c1ccc(Cl)cc1Cl. The zero-order valence-corrected chi connectivity index (χ0v) is 13.2. The largest absolute Gasteiger partial charge is 0.336 e. The number of allylic oxidation sites excluding steroid dienone is 1. The molecule has 5 heteroatoms. The van der Waals surface area contributed by atoms with Crippen molar-refractivity contribution in [3.63, 3.8) is 0 Å². The van der Waals surface area contributed by atoms with E-state index in [1.165, 1.54) is 0 Å². The maximum Gasteiger partial charge on any atom is 0.105 e. The van der Waals surface area contributed by atoms with Crippen LogP contribution in [0.15, 0.2) is 49.1 Å². The number of halogens is 2. The van der Waals surface area contributed by atoms with Crippen LogP contribution in [0.3, 0.4) is 0 Å².